The zero-order valence-electron chi connectivity index (χ0n) is 12.5. The average Bonchev–Trinajstić information content (AvgIpc) is 3.16. The van der Waals surface area contributed by atoms with Crippen molar-refractivity contribution in [2.24, 2.45) is 7.05 Å². The standard InChI is InChI=1S/C15H19N5OS/c1-19-14(11-4-6-12(16)7-5-11)17-18-15(19)22-10-13(21)20-8-2-3-9-20/h4-7H,2-3,8-10,16H2,1H3. The van der Waals surface area contributed by atoms with Crippen molar-refractivity contribution in [1.82, 2.24) is 19.7 Å². The van der Waals surface area contributed by atoms with E-state index in [0.717, 1.165) is 48.2 Å². The Kier molecular flexibility index (Phi) is 4.33. The van der Waals surface area contributed by atoms with Crippen LogP contribution in [0.15, 0.2) is 29.4 Å². The number of hydrogen-bond acceptors (Lipinski definition) is 5. The van der Waals surface area contributed by atoms with E-state index in [0.29, 0.717) is 5.75 Å². The Hall–Kier alpha value is -2.02. The molecule has 2 aromatic rings. The molecule has 0 bridgehead atoms. The van der Waals surface area contributed by atoms with Crippen molar-refractivity contribution >= 4 is 23.4 Å². The number of benzene rings is 1. The number of aromatic nitrogens is 3. The summed E-state index contributed by atoms with van der Waals surface area (Å²) >= 11 is 1.43. The Bertz CT molecular complexity index is 661. The summed E-state index contributed by atoms with van der Waals surface area (Å²) in [5.74, 6) is 1.36. The van der Waals surface area contributed by atoms with Gasteiger partial charge < -0.3 is 15.2 Å². The van der Waals surface area contributed by atoms with Crippen LogP contribution in [0.4, 0.5) is 5.69 Å². The molecule has 0 atom stereocenters. The molecule has 6 nitrogen and oxygen atoms in total. The Morgan fingerprint density at radius 1 is 1.23 bits per heavy atom. The lowest BCUT2D eigenvalue weighted by atomic mass is 10.2. The summed E-state index contributed by atoms with van der Waals surface area (Å²) < 4.78 is 1.91. The van der Waals surface area contributed by atoms with Crippen LogP contribution in [-0.2, 0) is 11.8 Å². The lowest BCUT2D eigenvalue weighted by Gasteiger charge is -2.14. The van der Waals surface area contributed by atoms with E-state index in [-0.39, 0.29) is 5.91 Å². The predicted octanol–water partition coefficient (Wildman–Crippen LogP) is 1.78. The van der Waals surface area contributed by atoms with E-state index in [1.54, 1.807) is 0 Å². The highest BCUT2D eigenvalue weighted by molar-refractivity contribution is 7.99. The minimum absolute atomic E-state index is 0.180. The fourth-order valence-corrected chi connectivity index (χ4v) is 3.32. The number of rotatable bonds is 4. The van der Waals surface area contributed by atoms with Gasteiger partial charge in [-0.2, -0.15) is 0 Å². The third-order valence-electron chi connectivity index (χ3n) is 3.79. The van der Waals surface area contributed by atoms with Crippen LogP contribution in [0.2, 0.25) is 0 Å². The molecule has 1 fully saturated rings. The van der Waals surface area contributed by atoms with E-state index in [1.165, 1.54) is 11.8 Å². The number of nitrogen functional groups attached to an aromatic ring is 1. The first-order valence-electron chi connectivity index (χ1n) is 7.31. The fourth-order valence-electron chi connectivity index (χ4n) is 2.51. The number of carbonyl (C=O) groups excluding carboxylic acids is 1. The minimum atomic E-state index is 0.180. The summed E-state index contributed by atoms with van der Waals surface area (Å²) in [6, 6.07) is 7.52. The van der Waals surface area contributed by atoms with Gasteiger partial charge in [0.25, 0.3) is 0 Å². The zero-order chi connectivity index (χ0) is 15.5. The minimum Gasteiger partial charge on any atom is -0.399 e. The van der Waals surface area contributed by atoms with E-state index < -0.39 is 0 Å². The average molecular weight is 317 g/mol. The van der Waals surface area contributed by atoms with Crippen LogP contribution in [0, 0.1) is 0 Å². The molecule has 0 saturated carbocycles. The second-order valence-corrected chi connectivity index (χ2v) is 6.31. The van der Waals surface area contributed by atoms with Crippen molar-refractivity contribution in [3.05, 3.63) is 24.3 Å². The van der Waals surface area contributed by atoms with Crippen molar-refractivity contribution < 1.29 is 4.79 Å². The fraction of sp³-hybridized carbons (Fsp3) is 0.400. The molecule has 1 aromatic heterocycles. The number of carbonyl (C=O) groups is 1. The molecular weight excluding hydrogens is 298 g/mol. The number of nitrogens with two attached hydrogens (primary N) is 1. The number of hydrogen-bond donors (Lipinski definition) is 1. The molecule has 2 N–H and O–H groups in total. The van der Waals surface area contributed by atoms with Gasteiger partial charge in [-0.3, -0.25) is 4.79 Å². The quantitative estimate of drug-likeness (QED) is 0.687. The molecule has 1 aliphatic rings. The SMILES string of the molecule is Cn1c(SCC(=O)N2CCCC2)nnc1-c1ccc(N)cc1. The first-order chi connectivity index (χ1) is 10.6. The predicted molar refractivity (Wildman–Crippen MR) is 87.4 cm³/mol. The highest BCUT2D eigenvalue weighted by Crippen LogP contribution is 2.23. The van der Waals surface area contributed by atoms with Crippen molar-refractivity contribution in [3.8, 4) is 11.4 Å². The van der Waals surface area contributed by atoms with Crippen LogP contribution in [0.5, 0.6) is 0 Å². The van der Waals surface area contributed by atoms with Gasteiger partial charge in [-0.05, 0) is 37.1 Å². The van der Waals surface area contributed by atoms with Crippen molar-refractivity contribution in [2.75, 3.05) is 24.6 Å². The normalized spacial score (nSPS) is 14.5. The molecule has 116 valence electrons. The van der Waals surface area contributed by atoms with Gasteiger partial charge >= 0.3 is 0 Å². The lowest BCUT2D eigenvalue weighted by molar-refractivity contribution is -0.127. The van der Waals surface area contributed by atoms with E-state index in [2.05, 4.69) is 10.2 Å². The monoisotopic (exact) mass is 317 g/mol. The van der Waals surface area contributed by atoms with Crippen molar-refractivity contribution in [1.29, 1.82) is 0 Å². The number of amides is 1. The highest BCUT2D eigenvalue weighted by atomic mass is 32.2. The summed E-state index contributed by atoms with van der Waals surface area (Å²) in [6.45, 7) is 1.77. The first kappa shape index (κ1) is 14.9. The molecule has 1 aromatic carbocycles. The van der Waals surface area contributed by atoms with Crippen molar-refractivity contribution in [2.45, 2.75) is 18.0 Å². The molecule has 0 aliphatic carbocycles. The van der Waals surface area contributed by atoms with Crippen LogP contribution in [-0.4, -0.2) is 44.4 Å². The van der Waals surface area contributed by atoms with Gasteiger partial charge in [-0.1, -0.05) is 11.8 Å². The maximum atomic E-state index is 12.1. The van der Waals surface area contributed by atoms with Crippen molar-refractivity contribution in [3.63, 3.8) is 0 Å². The van der Waals surface area contributed by atoms with Gasteiger partial charge in [-0.15, -0.1) is 10.2 Å². The number of likely N-dealkylation sites (tertiary alicyclic amines) is 1. The Balaban J connectivity index is 1.68. The molecule has 0 unspecified atom stereocenters. The molecule has 1 aliphatic heterocycles. The van der Waals surface area contributed by atoms with Gasteiger partial charge in [0.2, 0.25) is 5.91 Å². The third kappa shape index (κ3) is 3.09. The molecule has 1 saturated heterocycles. The number of thioether (sulfide) groups is 1. The maximum Gasteiger partial charge on any atom is 0.233 e. The molecule has 1 amide bonds. The summed E-state index contributed by atoms with van der Waals surface area (Å²) in [6.07, 6.45) is 2.23. The van der Waals surface area contributed by atoms with Crippen LogP contribution in [0.25, 0.3) is 11.4 Å². The van der Waals surface area contributed by atoms with E-state index >= 15 is 0 Å². The van der Waals surface area contributed by atoms with Gasteiger partial charge in [0.15, 0.2) is 11.0 Å². The molecular formula is C15H19N5OS. The molecule has 22 heavy (non-hydrogen) atoms. The topological polar surface area (TPSA) is 77.0 Å². The zero-order valence-corrected chi connectivity index (χ0v) is 13.3. The van der Waals surface area contributed by atoms with Gasteiger partial charge in [0, 0.05) is 31.4 Å². The van der Waals surface area contributed by atoms with E-state index in [4.69, 9.17) is 5.73 Å². The van der Waals surface area contributed by atoms with Gasteiger partial charge in [-0.25, -0.2) is 0 Å². The molecule has 0 radical (unpaired) electrons. The molecule has 3 rings (SSSR count). The maximum absolute atomic E-state index is 12.1. The van der Waals surface area contributed by atoms with Crippen LogP contribution in [0.1, 0.15) is 12.8 Å². The third-order valence-corrected chi connectivity index (χ3v) is 4.79. The number of nitrogens with zero attached hydrogens (tertiary/aromatic N) is 4. The van der Waals surface area contributed by atoms with Crippen LogP contribution in [0.3, 0.4) is 0 Å². The summed E-state index contributed by atoms with van der Waals surface area (Å²) in [5.41, 5.74) is 7.38. The summed E-state index contributed by atoms with van der Waals surface area (Å²) in [4.78, 5) is 14.0. The van der Waals surface area contributed by atoms with Gasteiger partial charge in [0.1, 0.15) is 0 Å². The smallest absolute Gasteiger partial charge is 0.233 e. The van der Waals surface area contributed by atoms with E-state index in [1.807, 2.05) is 40.8 Å². The molecule has 0 spiro atoms. The van der Waals surface area contributed by atoms with Crippen LogP contribution >= 0.6 is 11.8 Å². The Morgan fingerprint density at radius 2 is 1.91 bits per heavy atom. The second kappa shape index (κ2) is 6.39. The molecule has 7 heteroatoms. The lowest BCUT2D eigenvalue weighted by Crippen LogP contribution is -2.29. The number of anilines is 1. The largest absolute Gasteiger partial charge is 0.399 e. The Morgan fingerprint density at radius 3 is 2.59 bits per heavy atom. The molecule has 2 heterocycles. The highest BCUT2D eigenvalue weighted by Gasteiger charge is 2.19. The second-order valence-electron chi connectivity index (χ2n) is 5.36. The van der Waals surface area contributed by atoms with Gasteiger partial charge in [0.05, 0.1) is 5.75 Å². The first-order valence-corrected chi connectivity index (χ1v) is 8.29. The summed E-state index contributed by atoms with van der Waals surface area (Å²) in [7, 11) is 1.91. The summed E-state index contributed by atoms with van der Waals surface area (Å²) in [5, 5.41) is 9.15. The van der Waals surface area contributed by atoms with Crippen LogP contribution < -0.4 is 5.73 Å². The Labute approximate surface area is 133 Å². The van der Waals surface area contributed by atoms with E-state index in [9.17, 15) is 4.79 Å².